The third-order valence-electron chi connectivity index (χ3n) is 5.41. The number of rotatable bonds is 2. The van der Waals surface area contributed by atoms with Crippen molar-refractivity contribution in [2.45, 2.75) is 37.4 Å². The molecule has 31 heavy (non-hydrogen) atoms. The number of hydrogen-bond acceptors (Lipinski definition) is 10. The first kappa shape index (κ1) is 20.9. The molecule has 1 fully saturated rings. The van der Waals surface area contributed by atoms with Gasteiger partial charge in [-0.05, 0) is 25.1 Å². The highest BCUT2D eigenvalue weighted by Gasteiger charge is 2.44. The summed E-state index contributed by atoms with van der Waals surface area (Å²) in [5.41, 5.74) is -0.955. The molecule has 0 radical (unpaired) electrons. The summed E-state index contributed by atoms with van der Waals surface area (Å²) in [7, 11) is 0. The van der Waals surface area contributed by atoms with Crippen LogP contribution in [0, 0.1) is 0 Å². The maximum absolute atomic E-state index is 12.7. The fourth-order valence-corrected chi connectivity index (χ4v) is 3.69. The van der Waals surface area contributed by atoms with Crippen LogP contribution in [0.3, 0.4) is 0 Å². The van der Waals surface area contributed by atoms with Gasteiger partial charge < -0.3 is 44.9 Å². The zero-order chi connectivity index (χ0) is 22.6. The summed E-state index contributed by atoms with van der Waals surface area (Å²) in [6.07, 6.45) is -7.04. The van der Waals surface area contributed by atoms with Crippen molar-refractivity contribution in [3.63, 3.8) is 0 Å². The number of fused-ring (bicyclic) bond motifs is 1. The Balaban J connectivity index is 1.87. The topological polar surface area (TPSA) is 181 Å². The van der Waals surface area contributed by atoms with Crippen LogP contribution in [0.1, 0.15) is 18.6 Å². The first-order valence-corrected chi connectivity index (χ1v) is 9.34. The molecule has 0 saturated carbocycles. The zero-order valence-corrected chi connectivity index (χ0v) is 16.1. The molecule has 1 aliphatic rings. The molecule has 1 aliphatic heterocycles. The average molecular weight is 432 g/mol. The van der Waals surface area contributed by atoms with Crippen LogP contribution in [0.5, 0.6) is 23.0 Å². The van der Waals surface area contributed by atoms with Crippen LogP contribution in [0.2, 0.25) is 0 Å². The molecular weight excluding hydrogens is 412 g/mol. The third-order valence-corrected chi connectivity index (χ3v) is 5.41. The van der Waals surface area contributed by atoms with Crippen molar-refractivity contribution < 1.29 is 44.9 Å². The quantitative estimate of drug-likeness (QED) is 0.286. The molecular formula is C21H20O10. The Labute approximate surface area is 174 Å². The Hall–Kier alpha value is -3.31. The van der Waals surface area contributed by atoms with Crippen molar-refractivity contribution in [1.82, 2.24) is 0 Å². The van der Waals surface area contributed by atoms with Crippen LogP contribution in [0.15, 0.2) is 39.5 Å². The Morgan fingerprint density at radius 3 is 2.23 bits per heavy atom. The van der Waals surface area contributed by atoms with Crippen LogP contribution in [0.4, 0.5) is 0 Å². The van der Waals surface area contributed by atoms with E-state index in [0.29, 0.717) is 0 Å². The number of aliphatic hydroxyl groups is 3. The van der Waals surface area contributed by atoms with Crippen molar-refractivity contribution in [2.24, 2.45) is 0 Å². The molecule has 3 aromatic rings. The number of ether oxygens (including phenoxy) is 1. The fraction of sp³-hybridized carbons (Fsp3) is 0.286. The van der Waals surface area contributed by atoms with E-state index < -0.39 is 53.2 Å². The maximum Gasteiger partial charge on any atom is 0.197 e. The molecule has 2 heterocycles. The van der Waals surface area contributed by atoms with E-state index in [9.17, 15) is 40.5 Å². The zero-order valence-electron chi connectivity index (χ0n) is 16.1. The molecule has 10 heteroatoms. The fourth-order valence-electron chi connectivity index (χ4n) is 3.69. The molecule has 7 N–H and O–H groups in total. The number of phenols is 4. The normalized spacial score (nSPS) is 26.3. The third kappa shape index (κ3) is 3.35. The maximum atomic E-state index is 12.7. The Kier molecular flexibility index (Phi) is 5.02. The lowest BCUT2D eigenvalue weighted by Gasteiger charge is -2.39. The van der Waals surface area contributed by atoms with Crippen molar-refractivity contribution >= 4 is 11.0 Å². The van der Waals surface area contributed by atoms with Gasteiger partial charge in [0.1, 0.15) is 52.6 Å². The molecule has 2 unspecified atom stereocenters. The Morgan fingerprint density at radius 1 is 0.839 bits per heavy atom. The highest BCUT2D eigenvalue weighted by atomic mass is 16.5. The van der Waals surface area contributed by atoms with E-state index in [0.717, 1.165) is 12.1 Å². The van der Waals surface area contributed by atoms with E-state index in [1.807, 2.05) is 0 Å². The predicted molar refractivity (Wildman–Crippen MR) is 106 cm³/mol. The average Bonchev–Trinajstić information content (AvgIpc) is 2.71. The largest absolute Gasteiger partial charge is 0.507 e. The first-order chi connectivity index (χ1) is 14.6. The van der Waals surface area contributed by atoms with Gasteiger partial charge in [-0.2, -0.15) is 0 Å². The monoisotopic (exact) mass is 432 g/mol. The number of aromatic hydroxyl groups is 4. The molecule has 5 atom stereocenters. The smallest absolute Gasteiger partial charge is 0.197 e. The van der Waals surface area contributed by atoms with Gasteiger partial charge in [-0.15, -0.1) is 0 Å². The Morgan fingerprint density at radius 2 is 1.55 bits per heavy atom. The van der Waals surface area contributed by atoms with E-state index in [4.69, 9.17) is 9.15 Å². The van der Waals surface area contributed by atoms with Crippen molar-refractivity contribution in [2.75, 3.05) is 0 Å². The lowest BCUT2D eigenvalue weighted by atomic mass is 9.90. The Bertz CT molecular complexity index is 1220. The summed E-state index contributed by atoms with van der Waals surface area (Å²) in [6, 6.07) is 5.87. The van der Waals surface area contributed by atoms with Crippen molar-refractivity contribution in [3.8, 4) is 34.3 Å². The van der Waals surface area contributed by atoms with Gasteiger partial charge in [0.2, 0.25) is 0 Å². The van der Waals surface area contributed by atoms with Gasteiger partial charge in [-0.1, -0.05) is 0 Å². The van der Waals surface area contributed by atoms with Gasteiger partial charge in [-0.3, -0.25) is 4.79 Å². The van der Waals surface area contributed by atoms with E-state index >= 15 is 0 Å². The summed E-state index contributed by atoms with van der Waals surface area (Å²) in [5, 5.41) is 70.3. The molecule has 0 spiro atoms. The van der Waals surface area contributed by atoms with Crippen molar-refractivity contribution in [3.05, 3.63) is 46.1 Å². The number of phenolic OH excluding ortho intramolecular Hbond substituents is 4. The number of hydrogen-bond donors (Lipinski definition) is 7. The van der Waals surface area contributed by atoms with Crippen LogP contribution in [-0.2, 0) is 4.74 Å². The summed E-state index contributed by atoms with van der Waals surface area (Å²) in [5.74, 6) is -2.07. The highest BCUT2D eigenvalue weighted by molar-refractivity contribution is 5.88. The second-order valence-corrected chi connectivity index (χ2v) is 7.44. The second-order valence-electron chi connectivity index (χ2n) is 7.44. The van der Waals surface area contributed by atoms with Gasteiger partial charge in [0.25, 0.3) is 0 Å². The van der Waals surface area contributed by atoms with Gasteiger partial charge in [0, 0.05) is 17.7 Å². The van der Waals surface area contributed by atoms with E-state index in [2.05, 4.69) is 0 Å². The first-order valence-electron chi connectivity index (χ1n) is 9.34. The molecule has 4 rings (SSSR count). The van der Waals surface area contributed by atoms with Gasteiger partial charge in [-0.25, -0.2) is 0 Å². The standard InChI is InChI=1S/C21H20O10/c1-7-17(26)19(28)20(29)21(30-7)16-12(25)6-14-15(18(16)27)11(24)5-13(31-14)8-2-3-9(22)10(23)4-8/h2-7,17,19-23,25-29H,1H3/t7?,17-,19+,20?,21+/m1/s1. The SMILES string of the molecule is CC1O[C@@H](c2c(O)cc3oc(-c4ccc(O)c(O)c4)cc(=O)c3c2O)C(O)[C@@H](O)[C@@H]1O. The molecule has 0 aliphatic carbocycles. The summed E-state index contributed by atoms with van der Waals surface area (Å²) in [6.45, 7) is 1.44. The second kappa shape index (κ2) is 7.43. The molecule has 1 saturated heterocycles. The summed E-state index contributed by atoms with van der Waals surface area (Å²) >= 11 is 0. The number of aliphatic hydroxyl groups excluding tert-OH is 3. The molecule has 0 bridgehead atoms. The predicted octanol–water partition coefficient (Wildman–Crippen LogP) is 0.825. The molecule has 1 aromatic heterocycles. The lowest BCUT2D eigenvalue weighted by Crippen LogP contribution is -2.53. The van der Waals surface area contributed by atoms with E-state index in [1.54, 1.807) is 0 Å². The van der Waals surface area contributed by atoms with E-state index in [1.165, 1.54) is 25.1 Å². The summed E-state index contributed by atoms with van der Waals surface area (Å²) < 4.78 is 11.1. The van der Waals surface area contributed by atoms with Crippen LogP contribution in [0.25, 0.3) is 22.3 Å². The van der Waals surface area contributed by atoms with Crippen LogP contribution in [-0.4, -0.2) is 60.2 Å². The van der Waals surface area contributed by atoms with Crippen LogP contribution < -0.4 is 5.43 Å². The minimum absolute atomic E-state index is 0.000433. The van der Waals surface area contributed by atoms with E-state index in [-0.39, 0.29) is 33.6 Å². The molecule has 10 nitrogen and oxygen atoms in total. The van der Waals surface area contributed by atoms with Gasteiger partial charge >= 0.3 is 0 Å². The summed E-state index contributed by atoms with van der Waals surface area (Å²) in [4.78, 5) is 12.7. The van der Waals surface area contributed by atoms with Gasteiger partial charge in [0.15, 0.2) is 16.9 Å². The molecule has 164 valence electrons. The van der Waals surface area contributed by atoms with Crippen LogP contribution >= 0.6 is 0 Å². The highest BCUT2D eigenvalue weighted by Crippen LogP contribution is 2.44. The molecule has 0 amide bonds. The minimum atomic E-state index is -1.69. The molecule has 2 aromatic carbocycles. The van der Waals surface area contributed by atoms with Gasteiger partial charge in [0.05, 0.1) is 11.7 Å². The minimum Gasteiger partial charge on any atom is -0.507 e. The van der Waals surface area contributed by atoms with Crippen molar-refractivity contribution in [1.29, 1.82) is 0 Å². The lowest BCUT2D eigenvalue weighted by molar-refractivity contribution is -0.220. The number of benzene rings is 2.